The van der Waals surface area contributed by atoms with Gasteiger partial charge in [0.05, 0.1) is 11.1 Å². The highest BCUT2D eigenvalue weighted by molar-refractivity contribution is 9.09. The zero-order chi connectivity index (χ0) is 19.1. The number of alkyl halides is 1. The fraction of sp³-hybridized carbons (Fsp3) is 0.474. The standard InChI is InChI=1S/C19H20BrN3O4/c20-12-5-7-22(8-6-12)10-11-1-2-13-14(9-11)19(27)23(18(13)26)15-3-4-16(24)21-17(15)25/h1-2,9,12,15H,3-8,10H2,(H,21,24,25). The third-order valence-corrected chi connectivity index (χ3v) is 6.34. The van der Waals surface area contributed by atoms with Crippen LogP contribution in [0.4, 0.5) is 0 Å². The van der Waals surface area contributed by atoms with Crippen LogP contribution in [0.5, 0.6) is 0 Å². The maximum Gasteiger partial charge on any atom is 0.262 e. The third-order valence-electron chi connectivity index (χ3n) is 5.43. The lowest BCUT2D eigenvalue weighted by Crippen LogP contribution is -2.54. The zero-order valence-electron chi connectivity index (χ0n) is 14.7. The number of fused-ring (bicyclic) bond motifs is 1. The lowest BCUT2D eigenvalue weighted by molar-refractivity contribution is -0.136. The van der Waals surface area contributed by atoms with Crippen LogP contribution in [0.15, 0.2) is 18.2 Å². The predicted octanol–water partition coefficient (Wildman–Crippen LogP) is 1.45. The summed E-state index contributed by atoms with van der Waals surface area (Å²) in [7, 11) is 0. The number of hydrogen-bond acceptors (Lipinski definition) is 5. The van der Waals surface area contributed by atoms with Gasteiger partial charge in [-0.25, -0.2) is 0 Å². The molecule has 0 spiro atoms. The Kier molecular flexibility index (Phi) is 4.86. The minimum Gasteiger partial charge on any atom is -0.299 e. The number of nitrogens with zero attached hydrogens (tertiary/aromatic N) is 2. The molecule has 4 rings (SSSR count). The van der Waals surface area contributed by atoms with Gasteiger partial charge >= 0.3 is 0 Å². The van der Waals surface area contributed by atoms with Crippen LogP contribution in [0.1, 0.15) is 52.0 Å². The molecule has 142 valence electrons. The number of piperidine rings is 2. The molecule has 1 aromatic rings. The molecule has 0 bridgehead atoms. The van der Waals surface area contributed by atoms with Crippen LogP contribution < -0.4 is 5.32 Å². The van der Waals surface area contributed by atoms with Crippen molar-refractivity contribution in [2.45, 2.75) is 43.1 Å². The maximum absolute atomic E-state index is 12.8. The van der Waals surface area contributed by atoms with E-state index >= 15 is 0 Å². The molecule has 1 N–H and O–H groups in total. The quantitative estimate of drug-likeness (QED) is 0.575. The van der Waals surface area contributed by atoms with E-state index in [2.05, 4.69) is 26.1 Å². The van der Waals surface area contributed by atoms with Gasteiger partial charge in [-0.3, -0.25) is 34.3 Å². The van der Waals surface area contributed by atoms with E-state index in [1.54, 1.807) is 12.1 Å². The molecule has 27 heavy (non-hydrogen) atoms. The van der Waals surface area contributed by atoms with Gasteiger partial charge in [-0.2, -0.15) is 0 Å². The number of nitrogens with one attached hydrogen (secondary N) is 1. The van der Waals surface area contributed by atoms with E-state index in [0.29, 0.717) is 16.0 Å². The van der Waals surface area contributed by atoms with Crippen LogP contribution in [0, 0.1) is 0 Å². The second-order valence-corrected chi connectivity index (χ2v) is 8.57. The van der Waals surface area contributed by atoms with Crippen molar-refractivity contribution in [3.05, 3.63) is 34.9 Å². The van der Waals surface area contributed by atoms with Crippen molar-refractivity contribution in [3.8, 4) is 0 Å². The first-order valence-electron chi connectivity index (χ1n) is 9.15. The maximum atomic E-state index is 12.8. The van der Waals surface area contributed by atoms with Gasteiger partial charge in [0, 0.05) is 17.8 Å². The molecule has 3 aliphatic rings. The Bertz CT molecular complexity index is 832. The third kappa shape index (κ3) is 3.43. The second kappa shape index (κ2) is 7.16. The van der Waals surface area contributed by atoms with Crippen molar-refractivity contribution in [1.29, 1.82) is 0 Å². The van der Waals surface area contributed by atoms with Crippen LogP contribution in [0.2, 0.25) is 0 Å². The summed E-state index contributed by atoms with van der Waals surface area (Å²) < 4.78 is 0. The highest BCUT2D eigenvalue weighted by Crippen LogP contribution is 2.29. The number of carbonyl (C=O) groups is 4. The van der Waals surface area contributed by atoms with Crippen LogP contribution in [-0.4, -0.2) is 57.4 Å². The number of rotatable bonds is 3. The summed E-state index contributed by atoms with van der Waals surface area (Å²) in [6, 6.07) is 4.39. The monoisotopic (exact) mass is 433 g/mol. The van der Waals surface area contributed by atoms with E-state index in [0.717, 1.165) is 42.9 Å². The van der Waals surface area contributed by atoms with Gasteiger partial charge in [-0.05, 0) is 50.0 Å². The Hall–Kier alpha value is -2.06. The first kappa shape index (κ1) is 18.3. The van der Waals surface area contributed by atoms with E-state index in [1.807, 2.05) is 6.07 Å². The van der Waals surface area contributed by atoms with Crippen LogP contribution in [0.3, 0.4) is 0 Å². The van der Waals surface area contributed by atoms with Gasteiger partial charge in [-0.1, -0.05) is 22.0 Å². The number of imide groups is 2. The van der Waals surface area contributed by atoms with E-state index in [9.17, 15) is 19.2 Å². The molecule has 1 atom stereocenters. The highest BCUT2D eigenvalue weighted by atomic mass is 79.9. The molecule has 0 saturated carbocycles. The molecule has 8 heteroatoms. The molecule has 0 aromatic heterocycles. The summed E-state index contributed by atoms with van der Waals surface area (Å²) in [6.07, 6.45) is 2.47. The summed E-state index contributed by atoms with van der Waals surface area (Å²) in [6.45, 7) is 2.71. The van der Waals surface area contributed by atoms with Gasteiger partial charge in [0.2, 0.25) is 11.8 Å². The van der Waals surface area contributed by atoms with Crippen LogP contribution in [0.25, 0.3) is 0 Å². The first-order valence-corrected chi connectivity index (χ1v) is 10.1. The number of likely N-dealkylation sites (tertiary alicyclic amines) is 1. The summed E-state index contributed by atoms with van der Waals surface area (Å²) in [5.74, 6) is -1.87. The fourth-order valence-corrected chi connectivity index (χ4v) is 4.34. The molecular weight excluding hydrogens is 414 g/mol. The number of carbonyl (C=O) groups excluding carboxylic acids is 4. The number of benzene rings is 1. The van der Waals surface area contributed by atoms with Gasteiger partial charge in [0.25, 0.3) is 11.8 Å². The van der Waals surface area contributed by atoms with Gasteiger partial charge in [-0.15, -0.1) is 0 Å². The number of hydrogen-bond donors (Lipinski definition) is 1. The normalized spacial score (nSPS) is 24.3. The minimum absolute atomic E-state index is 0.124. The molecule has 7 nitrogen and oxygen atoms in total. The van der Waals surface area contributed by atoms with Crippen LogP contribution in [-0.2, 0) is 16.1 Å². The summed E-state index contributed by atoms with van der Waals surface area (Å²) in [4.78, 5) is 52.9. The molecule has 4 amide bonds. The van der Waals surface area contributed by atoms with Gasteiger partial charge in [0.15, 0.2) is 0 Å². The van der Waals surface area contributed by atoms with Crippen molar-refractivity contribution < 1.29 is 19.2 Å². The predicted molar refractivity (Wildman–Crippen MR) is 100 cm³/mol. The van der Waals surface area contributed by atoms with E-state index in [4.69, 9.17) is 0 Å². The minimum atomic E-state index is -0.920. The highest BCUT2D eigenvalue weighted by Gasteiger charge is 2.44. The zero-order valence-corrected chi connectivity index (χ0v) is 16.3. The average Bonchev–Trinajstić information content (AvgIpc) is 2.88. The van der Waals surface area contributed by atoms with Crippen molar-refractivity contribution in [2.24, 2.45) is 0 Å². The molecule has 3 aliphatic heterocycles. The molecular formula is C19H20BrN3O4. The first-order chi connectivity index (χ1) is 12.9. The number of halogens is 1. The average molecular weight is 434 g/mol. The molecule has 3 heterocycles. The Morgan fingerprint density at radius 1 is 1.00 bits per heavy atom. The van der Waals surface area contributed by atoms with Crippen molar-refractivity contribution in [1.82, 2.24) is 15.1 Å². The Morgan fingerprint density at radius 2 is 1.70 bits per heavy atom. The lowest BCUT2D eigenvalue weighted by Gasteiger charge is -2.29. The largest absolute Gasteiger partial charge is 0.299 e. The molecule has 2 saturated heterocycles. The smallest absolute Gasteiger partial charge is 0.262 e. The van der Waals surface area contributed by atoms with E-state index < -0.39 is 23.8 Å². The summed E-state index contributed by atoms with van der Waals surface area (Å²) in [5.41, 5.74) is 1.65. The van der Waals surface area contributed by atoms with Crippen LogP contribution >= 0.6 is 15.9 Å². The summed E-state index contributed by atoms with van der Waals surface area (Å²) in [5, 5.41) is 2.21. The van der Waals surface area contributed by atoms with Gasteiger partial charge in [0.1, 0.15) is 6.04 Å². The van der Waals surface area contributed by atoms with E-state index in [-0.39, 0.29) is 18.7 Å². The second-order valence-electron chi connectivity index (χ2n) is 7.28. The van der Waals surface area contributed by atoms with Crippen molar-refractivity contribution in [2.75, 3.05) is 13.1 Å². The Morgan fingerprint density at radius 3 is 2.41 bits per heavy atom. The number of amides is 4. The fourth-order valence-electron chi connectivity index (χ4n) is 3.93. The molecule has 2 fully saturated rings. The lowest BCUT2D eigenvalue weighted by atomic mass is 10.0. The molecule has 1 aromatic carbocycles. The van der Waals surface area contributed by atoms with E-state index in [1.165, 1.54) is 0 Å². The van der Waals surface area contributed by atoms with Crippen molar-refractivity contribution in [3.63, 3.8) is 0 Å². The Balaban J connectivity index is 1.53. The molecule has 1 unspecified atom stereocenters. The SMILES string of the molecule is O=C1CCC(N2C(=O)c3ccc(CN4CCC(Br)CC4)cc3C2=O)C(=O)N1. The Labute approximate surface area is 165 Å². The molecule has 0 aliphatic carbocycles. The summed E-state index contributed by atoms with van der Waals surface area (Å²) >= 11 is 3.64. The topological polar surface area (TPSA) is 86.8 Å². The van der Waals surface area contributed by atoms with Gasteiger partial charge < -0.3 is 0 Å². The molecule has 0 radical (unpaired) electrons. The van der Waals surface area contributed by atoms with Crippen molar-refractivity contribution >= 4 is 39.6 Å².